The normalized spacial score (nSPS) is 17.1. The van der Waals surface area contributed by atoms with Crippen LogP contribution in [-0.2, 0) is 24.2 Å². The Kier molecular flexibility index (Phi) is 7.86. The molecule has 0 aromatic carbocycles. The van der Waals surface area contributed by atoms with E-state index in [2.05, 4.69) is 32.0 Å². The molecule has 0 unspecified atom stereocenters. The van der Waals surface area contributed by atoms with Crippen molar-refractivity contribution < 1.29 is 9.94 Å². The molecule has 0 bridgehead atoms. The van der Waals surface area contributed by atoms with Gasteiger partial charge < -0.3 is 21.4 Å². The summed E-state index contributed by atoms with van der Waals surface area (Å²) < 4.78 is 1.93. The molecule has 8 nitrogen and oxygen atoms in total. The van der Waals surface area contributed by atoms with E-state index in [1.165, 1.54) is 0 Å². The number of hydrogen-bond acceptors (Lipinski definition) is 7. The summed E-state index contributed by atoms with van der Waals surface area (Å²) >= 11 is 0. The lowest BCUT2D eigenvalue weighted by atomic mass is 9.76. The van der Waals surface area contributed by atoms with Crippen molar-refractivity contribution in [2.45, 2.75) is 59.9 Å². The van der Waals surface area contributed by atoms with Crippen molar-refractivity contribution in [2.24, 2.45) is 27.8 Å². The Morgan fingerprint density at radius 3 is 2.58 bits per heavy atom. The summed E-state index contributed by atoms with van der Waals surface area (Å²) in [5, 5.41) is 14.5. The zero-order valence-electron chi connectivity index (χ0n) is 19.2. The van der Waals surface area contributed by atoms with E-state index in [0.717, 1.165) is 30.5 Å². The van der Waals surface area contributed by atoms with Gasteiger partial charge in [0, 0.05) is 29.1 Å². The second-order valence-corrected chi connectivity index (χ2v) is 8.67. The maximum atomic E-state index is 9.80. The molecule has 0 spiro atoms. The first-order chi connectivity index (χ1) is 14.5. The highest BCUT2D eigenvalue weighted by atomic mass is 16.6. The number of aliphatic hydroxyl groups excluding tert-OH is 1. The van der Waals surface area contributed by atoms with Crippen LogP contribution in [0.2, 0.25) is 0 Å². The standard InChI is InChI=1S/C23H36N6O2/c1-7-17(16(4)30)12-19(14(2)25)15(3)27-22(31-26)21-18-8-9-23(5,6)13-20(18)29(28-21)11-10-24/h12,30H,3-4,7-11,13,24-26H2,1-2,5-6H3/b17-12-,19-14+,27-22?. The van der Waals surface area contributed by atoms with Crippen LogP contribution in [0, 0.1) is 5.41 Å². The summed E-state index contributed by atoms with van der Waals surface area (Å²) in [5.41, 5.74) is 16.9. The molecular formula is C23H36N6O2. The van der Waals surface area contributed by atoms with Crippen LogP contribution in [0.25, 0.3) is 0 Å². The first-order valence-electron chi connectivity index (χ1n) is 10.5. The lowest BCUT2D eigenvalue weighted by molar-refractivity contribution is 0.303. The highest BCUT2D eigenvalue weighted by molar-refractivity contribution is 5.94. The minimum Gasteiger partial charge on any atom is -0.508 e. The van der Waals surface area contributed by atoms with Crippen molar-refractivity contribution in [1.82, 2.24) is 9.78 Å². The highest BCUT2D eigenvalue weighted by Gasteiger charge is 2.32. The van der Waals surface area contributed by atoms with Crippen molar-refractivity contribution in [3.63, 3.8) is 0 Å². The molecule has 1 aromatic heterocycles. The zero-order valence-corrected chi connectivity index (χ0v) is 19.2. The van der Waals surface area contributed by atoms with E-state index in [0.29, 0.717) is 47.7 Å². The van der Waals surface area contributed by atoms with E-state index < -0.39 is 0 Å². The molecule has 0 saturated heterocycles. The fraction of sp³-hybridized carbons (Fsp3) is 0.478. The summed E-state index contributed by atoms with van der Waals surface area (Å²) in [7, 11) is 0. The third-order valence-electron chi connectivity index (χ3n) is 5.56. The number of aliphatic hydroxyl groups is 1. The molecule has 2 rings (SSSR count). The van der Waals surface area contributed by atoms with Gasteiger partial charge in [0.05, 0.1) is 12.2 Å². The van der Waals surface area contributed by atoms with Gasteiger partial charge in [0.2, 0.25) is 0 Å². The average Bonchev–Trinajstić information content (AvgIpc) is 3.02. The van der Waals surface area contributed by atoms with Crippen molar-refractivity contribution in [1.29, 1.82) is 0 Å². The SMILES string of the molecule is C=C(O)/C(=C\C(C(=C)N=C(ON)c1nn(CCN)c2c1CCC(C)(C)C2)=C(\C)N)CC. The Morgan fingerprint density at radius 1 is 1.39 bits per heavy atom. The Bertz CT molecular complexity index is 946. The van der Waals surface area contributed by atoms with Crippen LogP contribution < -0.4 is 17.4 Å². The molecule has 1 aliphatic carbocycles. The number of aromatic nitrogens is 2. The summed E-state index contributed by atoms with van der Waals surface area (Å²) in [6.07, 6.45) is 5.06. The van der Waals surface area contributed by atoms with Gasteiger partial charge in [-0.3, -0.25) is 4.68 Å². The van der Waals surface area contributed by atoms with Crippen molar-refractivity contribution in [3.8, 4) is 0 Å². The molecule has 7 N–H and O–H groups in total. The fourth-order valence-corrected chi connectivity index (χ4v) is 3.79. The molecular weight excluding hydrogens is 392 g/mol. The van der Waals surface area contributed by atoms with Crippen LogP contribution in [-0.4, -0.2) is 27.3 Å². The molecule has 170 valence electrons. The molecule has 0 aliphatic heterocycles. The molecule has 1 aliphatic rings. The third kappa shape index (κ3) is 5.65. The Labute approximate surface area is 184 Å². The fourth-order valence-electron chi connectivity index (χ4n) is 3.79. The first-order valence-corrected chi connectivity index (χ1v) is 10.5. The topological polar surface area (TPSA) is 138 Å². The van der Waals surface area contributed by atoms with E-state index in [9.17, 15) is 5.11 Å². The summed E-state index contributed by atoms with van der Waals surface area (Å²) in [4.78, 5) is 9.68. The second kappa shape index (κ2) is 9.98. The molecule has 0 saturated carbocycles. The van der Waals surface area contributed by atoms with Gasteiger partial charge in [0.25, 0.3) is 5.90 Å². The van der Waals surface area contributed by atoms with Crippen molar-refractivity contribution >= 4 is 5.90 Å². The van der Waals surface area contributed by atoms with Crippen LogP contribution in [0.15, 0.2) is 52.5 Å². The Balaban J connectivity index is 2.53. The minimum atomic E-state index is -0.0226. The predicted octanol–water partition coefficient (Wildman–Crippen LogP) is 3.15. The number of nitrogens with two attached hydrogens (primary N) is 3. The highest BCUT2D eigenvalue weighted by Crippen LogP contribution is 2.36. The van der Waals surface area contributed by atoms with Gasteiger partial charge in [0.1, 0.15) is 5.76 Å². The zero-order chi connectivity index (χ0) is 23.3. The van der Waals surface area contributed by atoms with E-state index >= 15 is 0 Å². The van der Waals surface area contributed by atoms with Gasteiger partial charge in [-0.1, -0.05) is 33.9 Å². The number of rotatable bonds is 8. The first kappa shape index (κ1) is 24.4. The monoisotopic (exact) mass is 428 g/mol. The number of fused-ring (bicyclic) bond motifs is 1. The van der Waals surface area contributed by atoms with Gasteiger partial charge in [-0.05, 0) is 49.7 Å². The van der Waals surface area contributed by atoms with E-state index in [1.807, 2.05) is 11.6 Å². The lowest BCUT2D eigenvalue weighted by Crippen LogP contribution is -2.25. The van der Waals surface area contributed by atoms with Crippen molar-refractivity contribution in [3.05, 3.63) is 64.5 Å². The molecule has 0 atom stereocenters. The second-order valence-electron chi connectivity index (χ2n) is 8.67. The van der Waals surface area contributed by atoms with Gasteiger partial charge in [-0.25, -0.2) is 4.99 Å². The lowest BCUT2D eigenvalue weighted by Gasteiger charge is -2.30. The smallest absolute Gasteiger partial charge is 0.266 e. The van der Waals surface area contributed by atoms with Gasteiger partial charge >= 0.3 is 0 Å². The molecule has 31 heavy (non-hydrogen) atoms. The predicted molar refractivity (Wildman–Crippen MR) is 125 cm³/mol. The minimum absolute atomic E-state index is 0.0226. The summed E-state index contributed by atoms with van der Waals surface area (Å²) in [6, 6.07) is 0. The van der Waals surface area contributed by atoms with Crippen LogP contribution in [0.5, 0.6) is 0 Å². The van der Waals surface area contributed by atoms with Crippen LogP contribution in [0.4, 0.5) is 0 Å². The molecule has 1 heterocycles. The van der Waals surface area contributed by atoms with E-state index in [-0.39, 0.29) is 17.1 Å². The molecule has 0 fully saturated rings. The molecule has 0 radical (unpaired) electrons. The maximum absolute atomic E-state index is 9.80. The number of aliphatic imine (C=N–C) groups is 1. The van der Waals surface area contributed by atoms with Crippen LogP contribution in [0.1, 0.15) is 57.5 Å². The largest absolute Gasteiger partial charge is 0.508 e. The molecule has 1 aromatic rings. The molecule has 0 amide bonds. The quantitative estimate of drug-likeness (QED) is 0.165. The molecule has 8 heteroatoms. The third-order valence-corrected chi connectivity index (χ3v) is 5.56. The van der Waals surface area contributed by atoms with Crippen LogP contribution >= 0.6 is 0 Å². The maximum Gasteiger partial charge on any atom is 0.266 e. The number of nitrogens with zero attached hydrogens (tertiary/aromatic N) is 3. The number of hydrogen-bond donors (Lipinski definition) is 4. The van der Waals surface area contributed by atoms with E-state index in [4.69, 9.17) is 27.3 Å². The Morgan fingerprint density at radius 2 is 2.06 bits per heavy atom. The Hall–Kier alpha value is -2.84. The van der Waals surface area contributed by atoms with Crippen molar-refractivity contribution in [2.75, 3.05) is 6.54 Å². The van der Waals surface area contributed by atoms with Gasteiger partial charge in [0.15, 0.2) is 5.69 Å². The van der Waals surface area contributed by atoms with Gasteiger partial charge in [-0.2, -0.15) is 11.0 Å². The van der Waals surface area contributed by atoms with E-state index in [1.54, 1.807) is 13.0 Å². The average molecular weight is 429 g/mol. The number of allylic oxidation sites excluding steroid dienone is 3. The summed E-state index contributed by atoms with van der Waals surface area (Å²) in [5.74, 6) is 5.76. The van der Waals surface area contributed by atoms with Gasteiger partial charge in [-0.15, -0.1) is 0 Å². The van der Waals surface area contributed by atoms with Crippen LogP contribution in [0.3, 0.4) is 0 Å². The summed E-state index contributed by atoms with van der Waals surface area (Å²) in [6.45, 7) is 16.9.